The lowest BCUT2D eigenvalue weighted by molar-refractivity contribution is 0.101. The van der Waals surface area contributed by atoms with Gasteiger partial charge in [0.25, 0.3) is 11.5 Å². The highest BCUT2D eigenvalue weighted by molar-refractivity contribution is 6.03. The molecule has 0 unspecified atom stereocenters. The normalized spacial score (nSPS) is 10.9. The SMILES string of the molecule is CCn1nccc1C(=O)Nc1ccc(-n2c(C)nc3ccccc3c2=O)cc1. The molecule has 2 aromatic heterocycles. The molecule has 1 amide bonds. The quantitative estimate of drug-likeness (QED) is 0.596. The van der Waals surface area contributed by atoms with Crippen molar-refractivity contribution in [1.29, 1.82) is 0 Å². The minimum Gasteiger partial charge on any atom is -0.321 e. The van der Waals surface area contributed by atoms with E-state index in [0.717, 1.165) is 0 Å². The number of para-hydroxylation sites is 1. The van der Waals surface area contributed by atoms with Gasteiger partial charge in [0.2, 0.25) is 0 Å². The first-order valence-corrected chi connectivity index (χ1v) is 9.00. The molecule has 0 saturated heterocycles. The number of aryl methyl sites for hydroxylation is 2. The molecule has 0 fully saturated rings. The lowest BCUT2D eigenvalue weighted by Crippen LogP contribution is -2.22. The van der Waals surface area contributed by atoms with Crippen LogP contribution >= 0.6 is 0 Å². The van der Waals surface area contributed by atoms with E-state index in [1.807, 2.05) is 25.1 Å². The van der Waals surface area contributed by atoms with E-state index in [-0.39, 0.29) is 11.5 Å². The van der Waals surface area contributed by atoms with Crippen molar-refractivity contribution < 1.29 is 4.79 Å². The third-order valence-electron chi connectivity index (χ3n) is 4.58. The number of amides is 1. The standard InChI is InChI=1S/C21H19N5O2/c1-3-25-19(12-13-22-25)20(27)24-15-8-10-16(11-9-15)26-14(2)23-18-7-5-4-6-17(18)21(26)28/h4-13H,3H2,1-2H3,(H,24,27). The fourth-order valence-corrected chi connectivity index (χ4v) is 3.21. The van der Waals surface area contributed by atoms with Gasteiger partial charge < -0.3 is 5.32 Å². The van der Waals surface area contributed by atoms with Crippen molar-refractivity contribution in [1.82, 2.24) is 19.3 Å². The van der Waals surface area contributed by atoms with E-state index in [1.54, 1.807) is 58.8 Å². The monoisotopic (exact) mass is 373 g/mol. The summed E-state index contributed by atoms with van der Waals surface area (Å²) in [6.07, 6.45) is 1.60. The summed E-state index contributed by atoms with van der Waals surface area (Å²) in [6.45, 7) is 4.34. The Morgan fingerprint density at radius 2 is 1.82 bits per heavy atom. The van der Waals surface area contributed by atoms with E-state index in [1.165, 1.54) is 0 Å². The molecule has 0 atom stereocenters. The Hall–Kier alpha value is -3.74. The number of hydrogen-bond acceptors (Lipinski definition) is 4. The van der Waals surface area contributed by atoms with Gasteiger partial charge in [0.05, 0.1) is 16.6 Å². The highest BCUT2D eigenvalue weighted by Crippen LogP contribution is 2.16. The number of rotatable bonds is 4. The molecule has 0 aliphatic carbocycles. The zero-order chi connectivity index (χ0) is 19.7. The molecular formula is C21H19N5O2. The van der Waals surface area contributed by atoms with Crippen molar-refractivity contribution in [2.24, 2.45) is 0 Å². The number of nitrogens with one attached hydrogen (secondary N) is 1. The molecule has 2 aromatic carbocycles. The molecule has 4 rings (SSSR count). The molecule has 1 N–H and O–H groups in total. The van der Waals surface area contributed by atoms with Gasteiger partial charge in [-0.15, -0.1) is 0 Å². The van der Waals surface area contributed by atoms with Crippen LogP contribution in [0.1, 0.15) is 23.2 Å². The number of benzene rings is 2. The maximum Gasteiger partial charge on any atom is 0.273 e. The van der Waals surface area contributed by atoms with Crippen LogP contribution in [-0.2, 0) is 6.54 Å². The fourth-order valence-electron chi connectivity index (χ4n) is 3.21. The lowest BCUT2D eigenvalue weighted by atomic mass is 10.2. The highest BCUT2D eigenvalue weighted by atomic mass is 16.2. The third kappa shape index (κ3) is 3.07. The maximum atomic E-state index is 12.9. The molecule has 0 spiro atoms. The van der Waals surface area contributed by atoms with Crippen LogP contribution in [0.4, 0.5) is 5.69 Å². The predicted octanol–water partition coefficient (Wildman–Crippen LogP) is 3.16. The molecule has 0 aliphatic heterocycles. The second kappa shape index (κ2) is 7.11. The Morgan fingerprint density at radius 1 is 1.07 bits per heavy atom. The van der Waals surface area contributed by atoms with Gasteiger partial charge >= 0.3 is 0 Å². The molecule has 0 aliphatic rings. The van der Waals surface area contributed by atoms with Gasteiger partial charge in [-0.05, 0) is 56.3 Å². The van der Waals surface area contributed by atoms with E-state index < -0.39 is 0 Å². The molecule has 7 nitrogen and oxygen atoms in total. The molecule has 28 heavy (non-hydrogen) atoms. The number of nitrogens with zero attached hydrogens (tertiary/aromatic N) is 4. The second-order valence-electron chi connectivity index (χ2n) is 6.35. The zero-order valence-electron chi connectivity index (χ0n) is 15.6. The van der Waals surface area contributed by atoms with Crippen molar-refractivity contribution in [2.75, 3.05) is 5.32 Å². The van der Waals surface area contributed by atoms with Crippen molar-refractivity contribution in [3.8, 4) is 5.69 Å². The first-order chi connectivity index (χ1) is 13.6. The molecule has 0 bridgehead atoms. The van der Waals surface area contributed by atoms with Crippen LogP contribution in [-0.4, -0.2) is 25.2 Å². The average molecular weight is 373 g/mol. The van der Waals surface area contributed by atoms with Crippen molar-refractivity contribution in [3.63, 3.8) is 0 Å². The van der Waals surface area contributed by atoms with Crippen molar-refractivity contribution in [3.05, 3.63) is 82.7 Å². The van der Waals surface area contributed by atoms with Crippen LogP contribution in [0.25, 0.3) is 16.6 Å². The largest absolute Gasteiger partial charge is 0.321 e. The smallest absolute Gasteiger partial charge is 0.273 e. The minimum atomic E-state index is -0.229. The van der Waals surface area contributed by atoms with Crippen LogP contribution < -0.4 is 10.9 Å². The van der Waals surface area contributed by atoms with Gasteiger partial charge in [0, 0.05) is 18.4 Å². The first kappa shape index (κ1) is 17.7. The average Bonchev–Trinajstić information content (AvgIpc) is 3.18. The summed E-state index contributed by atoms with van der Waals surface area (Å²) in [7, 11) is 0. The van der Waals surface area contributed by atoms with Crippen molar-refractivity contribution >= 4 is 22.5 Å². The summed E-state index contributed by atoms with van der Waals surface area (Å²) < 4.78 is 3.20. The van der Waals surface area contributed by atoms with E-state index >= 15 is 0 Å². The van der Waals surface area contributed by atoms with Crippen LogP contribution in [0.3, 0.4) is 0 Å². The molecule has 140 valence electrons. The number of carbonyl (C=O) groups excluding carboxylic acids is 1. The zero-order valence-corrected chi connectivity index (χ0v) is 15.6. The molecular weight excluding hydrogens is 354 g/mol. The van der Waals surface area contributed by atoms with Gasteiger partial charge in [-0.3, -0.25) is 18.8 Å². The minimum absolute atomic E-state index is 0.119. The summed E-state index contributed by atoms with van der Waals surface area (Å²) in [5.41, 5.74) is 2.39. The number of aromatic nitrogens is 4. The van der Waals surface area contributed by atoms with Gasteiger partial charge in [-0.25, -0.2) is 4.98 Å². The first-order valence-electron chi connectivity index (χ1n) is 9.00. The summed E-state index contributed by atoms with van der Waals surface area (Å²) in [5.74, 6) is 0.375. The number of fused-ring (bicyclic) bond motifs is 1. The summed E-state index contributed by atoms with van der Waals surface area (Å²) in [4.78, 5) is 29.8. The topological polar surface area (TPSA) is 81.8 Å². The second-order valence-corrected chi connectivity index (χ2v) is 6.35. The molecule has 4 aromatic rings. The van der Waals surface area contributed by atoms with E-state index in [9.17, 15) is 9.59 Å². The lowest BCUT2D eigenvalue weighted by Gasteiger charge is -2.12. The summed E-state index contributed by atoms with van der Waals surface area (Å²) in [5, 5.41) is 7.53. The molecule has 7 heteroatoms. The number of carbonyl (C=O) groups is 1. The number of hydrogen-bond donors (Lipinski definition) is 1. The van der Waals surface area contributed by atoms with Crippen LogP contribution in [0.5, 0.6) is 0 Å². The Labute approximate surface area is 161 Å². The Morgan fingerprint density at radius 3 is 2.57 bits per heavy atom. The van der Waals surface area contributed by atoms with Gasteiger partial charge in [-0.2, -0.15) is 5.10 Å². The third-order valence-corrected chi connectivity index (χ3v) is 4.58. The molecule has 0 radical (unpaired) electrons. The van der Waals surface area contributed by atoms with E-state index in [2.05, 4.69) is 15.4 Å². The van der Waals surface area contributed by atoms with Gasteiger partial charge in [0.1, 0.15) is 11.5 Å². The van der Waals surface area contributed by atoms with Gasteiger partial charge in [0.15, 0.2) is 0 Å². The highest BCUT2D eigenvalue weighted by Gasteiger charge is 2.12. The molecule has 2 heterocycles. The van der Waals surface area contributed by atoms with E-state index in [0.29, 0.717) is 40.3 Å². The predicted molar refractivity (Wildman–Crippen MR) is 108 cm³/mol. The summed E-state index contributed by atoms with van der Waals surface area (Å²) in [6, 6.07) is 16.1. The summed E-state index contributed by atoms with van der Waals surface area (Å²) >= 11 is 0. The van der Waals surface area contributed by atoms with Gasteiger partial charge in [-0.1, -0.05) is 12.1 Å². The van der Waals surface area contributed by atoms with Crippen LogP contribution in [0.2, 0.25) is 0 Å². The Balaban J connectivity index is 1.65. The fraction of sp³-hybridized carbons (Fsp3) is 0.143. The Bertz CT molecular complexity index is 1220. The van der Waals surface area contributed by atoms with E-state index in [4.69, 9.17) is 0 Å². The van der Waals surface area contributed by atoms with Crippen molar-refractivity contribution in [2.45, 2.75) is 20.4 Å². The maximum absolute atomic E-state index is 12.9. The number of anilines is 1. The van der Waals surface area contributed by atoms with Crippen LogP contribution in [0.15, 0.2) is 65.6 Å². The molecule has 0 saturated carbocycles. The van der Waals surface area contributed by atoms with Crippen LogP contribution in [0, 0.1) is 6.92 Å². The Kier molecular flexibility index (Phi) is 4.49.